The van der Waals surface area contributed by atoms with Gasteiger partial charge in [-0.25, -0.2) is 4.98 Å². The monoisotopic (exact) mass is 380 g/mol. The Morgan fingerprint density at radius 3 is 2.93 bits per heavy atom. The van der Waals surface area contributed by atoms with Crippen LogP contribution in [0.3, 0.4) is 0 Å². The number of amides is 1. The third kappa shape index (κ3) is 4.18. The number of carbonyl (C=O) groups excluding carboxylic acids is 1. The van der Waals surface area contributed by atoms with Crippen molar-refractivity contribution >= 4 is 5.91 Å². The van der Waals surface area contributed by atoms with Crippen molar-refractivity contribution < 1.29 is 9.53 Å². The molecule has 28 heavy (non-hydrogen) atoms. The number of primary amides is 1. The van der Waals surface area contributed by atoms with Gasteiger partial charge in [0.2, 0.25) is 11.8 Å². The molecule has 0 saturated carbocycles. The van der Waals surface area contributed by atoms with Crippen LogP contribution in [0.2, 0.25) is 0 Å². The van der Waals surface area contributed by atoms with Gasteiger partial charge in [0.1, 0.15) is 5.75 Å². The van der Waals surface area contributed by atoms with Crippen LogP contribution in [0.15, 0.2) is 36.5 Å². The molecular weight excluding hydrogens is 352 g/mol. The van der Waals surface area contributed by atoms with Gasteiger partial charge in [-0.2, -0.15) is 0 Å². The van der Waals surface area contributed by atoms with E-state index in [2.05, 4.69) is 34.4 Å². The van der Waals surface area contributed by atoms with Crippen LogP contribution < -0.4 is 15.8 Å². The molecule has 1 fully saturated rings. The second-order valence-corrected chi connectivity index (χ2v) is 7.82. The van der Waals surface area contributed by atoms with E-state index in [1.165, 1.54) is 43.1 Å². The number of nitrogens with two attached hydrogens (primary N) is 1. The highest BCUT2D eigenvalue weighted by Crippen LogP contribution is 2.34. The van der Waals surface area contributed by atoms with Crippen LogP contribution in [-0.2, 0) is 6.42 Å². The quantitative estimate of drug-likeness (QED) is 0.772. The first kappa shape index (κ1) is 18.9. The number of ether oxygens (including phenoxy) is 1. The van der Waals surface area contributed by atoms with Crippen molar-refractivity contribution in [3.63, 3.8) is 0 Å². The fourth-order valence-electron chi connectivity index (χ4n) is 4.34. The molecule has 2 heterocycles. The van der Waals surface area contributed by atoms with E-state index in [0.717, 1.165) is 31.2 Å². The lowest BCUT2D eigenvalue weighted by Crippen LogP contribution is -2.30. The fraction of sp³-hybridized carbons (Fsp3) is 0.455. The molecular formula is C22H28N4O2. The molecule has 4 rings (SSSR count). The average Bonchev–Trinajstić information content (AvgIpc) is 3.28. The molecule has 2 atom stereocenters. The lowest BCUT2D eigenvalue weighted by Gasteiger charge is -2.21. The highest BCUT2D eigenvalue weighted by molar-refractivity contribution is 5.92. The molecule has 3 N–H and O–H groups in total. The highest BCUT2D eigenvalue weighted by atomic mass is 16.5. The zero-order valence-corrected chi connectivity index (χ0v) is 16.4. The van der Waals surface area contributed by atoms with Crippen molar-refractivity contribution in [3.05, 3.63) is 53.2 Å². The normalized spacial score (nSPS) is 21.6. The molecule has 1 amide bonds. The second kappa shape index (κ2) is 8.29. The van der Waals surface area contributed by atoms with Crippen molar-refractivity contribution in [3.8, 4) is 11.6 Å². The molecule has 2 aliphatic rings. The number of aromatic nitrogens is 1. The topological polar surface area (TPSA) is 80.5 Å². The van der Waals surface area contributed by atoms with Gasteiger partial charge in [-0.15, -0.1) is 0 Å². The number of rotatable bonds is 7. The van der Waals surface area contributed by atoms with Crippen LogP contribution in [-0.4, -0.2) is 42.0 Å². The maximum atomic E-state index is 11.1. The SMILES string of the molecule is CN1CCCC1CCNC1CCc2cc(Oc3ccc(C(N)=O)cn3)ccc21. The highest BCUT2D eigenvalue weighted by Gasteiger charge is 2.24. The molecule has 1 aromatic heterocycles. The van der Waals surface area contributed by atoms with Gasteiger partial charge in [-0.3, -0.25) is 4.79 Å². The summed E-state index contributed by atoms with van der Waals surface area (Å²) in [7, 11) is 2.24. The molecule has 1 aromatic carbocycles. The van der Waals surface area contributed by atoms with Crippen LogP contribution in [0.5, 0.6) is 11.6 Å². The number of nitrogens with zero attached hydrogens (tertiary/aromatic N) is 2. The third-order valence-electron chi connectivity index (χ3n) is 5.98. The second-order valence-electron chi connectivity index (χ2n) is 7.82. The zero-order valence-electron chi connectivity index (χ0n) is 16.4. The van der Waals surface area contributed by atoms with E-state index in [1.807, 2.05) is 6.07 Å². The van der Waals surface area contributed by atoms with E-state index in [1.54, 1.807) is 12.1 Å². The molecule has 6 nitrogen and oxygen atoms in total. The Hall–Kier alpha value is -2.44. The van der Waals surface area contributed by atoms with Crippen LogP contribution in [0.25, 0.3) is 0 Å². The summed E-state index contributed by atoms with van der Waals surface area (Å²) in [6.45, 7) is 2.30. The number of hydrogen-bond acceptors (Lipinski definition) is 5. The zero-order chi connectivity index (χ0) is 19.5. The van der Waals surface area contributed by atoms with Gasteiger partial charge in [0.15, 0.2) is 0 Å². The van der Waals surface area contributed by atoms with Crippen LogP contribution in [0, 0.1) is 0 Å². The minimum Gasteiger partial charge on any atom is -0.439 e. The minimum absolute atomic E-state index is 0.374. The smallest absolute Gasteiger partial charge is 0.250 e. The summed E-state index contributed by atoms with van der Waals surface area (Å²) in [5.41, 5.74) is 8.33. The number of nitrogens with one attached hydrogen (secondary N) is 1. The van der Waals surface area contributed by atoms with Gasteiger partial charge >= 0.3 is 0 Å². The Labute approximate surface area is 166 Å². The number of likely N-dealkylation sites (tertiary alicyclic amines) is 1. The third-order valence-corrected chi connectivity index (χ3v) is 5.98. The van der Waals surface area contributed by atoms with Gasteiger partial charge in [-0.05, 0) is 81.6 Å². The van der Waals surface area contributed by atoms with Crippen molar-refractivity contribution in [2.45, 2.75) is 44.2 Å². The van der Waals surface area contributed by atoms with E-state index >= 15 is 0 Å². The van der Waals surface area contributed by atoms with Crippen LogP contribution in [0.1, 0.15) is 53.2 Å². The number of hydrogen-bond donors (Lipinski definition) is 2. The van der Waals surface area contributed by atoms with Gasteiger partial charge in [0.25, 0.3) is 0 Å². The van der Waals surface area contributed by atoms with Crippen LogP contribution in [0.4, 0.5) is 0 Å². The van der Waals surface area contributed by atoms with Gasteiger partial charge < -0.3 is 20.7 Å². The summed E-state index contributed by atoms with van der Waals surface area (Å²) < 4.78 is 5.84. The Bertz CT molecular complexity index is 837. The maximum absolute atomic E-state index is 11.1. The van der Waals surface area contributed by atoms with Crippen molar-refractivity contribution in [1.29, 1.82) is 0 Å². The molecule has 0 bridgehead atoms. The van der Waals surface area contributed by atoms with E-state index in [9.17, 15) is 4.79 Å². The summed E-state index contributed by atoms with van der Waals surface area (Å²) in [6.07, 6.45) is 7.50. The van der Waals surface area contributed by atoms with E-state index in [4.69, 9.17) is 10.5 Å². The predicted octanol–water partition coefficient (Wildman–Crippen LogP) is 3.03. The summed E-state index contributed by atoms with van der Waals surface area (Å²) in [4.78, 5) is 17.8. The van der Waals surface area contributed by atoms with Gasteiger partial charge in [0, 0.05) is 24.3 Å². The van der Waals surface area contributed by atoms with Crippen molar-refractivity contribution in [2.24, 2.45) is 5.73 Å². The standard InChI is InChI=1S/C22H28N4O2/c1-26-12-2-3-17(26)10-11-24-20-8-4-15-13-18(6-7-19(15)20)28-21-9-5-16(14-25-21)22(23)27/h5-7,9,13-14,17,20,24H,2-4,8,10-12H2,1H3,(H2,23,27). The first-order valence-corrected chi connectivity index (χ1v) is 10.1. The van der Waals surface area contributed by atoms with Crippen molar-refractivity contribution in [2.75, 3.05) is 20.1 Å². The first-order chi connectivity index (χ1) is 13.6. The molecule has 2 unspecified atom stereocenters. The molecule has 148 valence electrons. The van der Waals surface area contributed by atoms with E-state index in [0.29, 0.717) is 17.5 Å². The van der Waals surface area contributed by atoms with Gasteiger partial charge in [0.05, 0.1) is 5.56 Å². The molecule has 0 spiro atoms. The summed E-state index contributed by atoms with van der Waals surface area (Å²) in [5, 5.41) is 3.75. The van der Waals surface area contributed by atoms with Gasteiger partial charge in [-0.1, -0.05) is 6.07 Å². The van der Waals surface area contributed by atoms with Crippen LogP contribution >= 0.6 is 0 Å². The molecule has 1 aliphatic carbocycles. The summed E-state index contributed by atoms with van der Waals surface area (Å²) in [6, 6.07) is 10.7. The number of pyridine rings is 1. The lowest BCUT2D eigenvalue weighted by molar-refractivity contribution is 0.1000. The lowest BCUT2D eigenvalue weighted by atomic mass is 10.1. The van der Waals surface area contributed by atoms with Crippen molar-refractivity contribution in [1.82, 2.24) is 15.2 Å². The maximum Gasteiger partial charge on any atom is 0.250 e. The number of benzene rings is 1. The summed E-state index contributed by atoms with van der Waals surface area (Å²) in [5.74, 6) is 0.735. The van der Waals surface area contributed by atoms with E-state index in [-0.39, 0.29) is 0 Å². The Morgan fingerprint density at radius 1 is 1.32 bits per heavy atom. The Balaban J connectivity index is 1.34. The molecule has 6 heteroatoms. The summed E-state index contributed by atoms with van der Waals surface area (Å²) >= 11 is 0. The predicted molar refractivity (Wildman–Crippen MR) is 109 cm³/mol. The average molecular weight is 380 g/mol. The fourth-order valence-corrected chi connectivity index (χ4v) is 4.34. The molecule has 2 aromatic rings. The first-order valence-electron chi connectivity index (χ1n) is 10.1. The number of carbonyl (C=O) groups is 1. The number of fused-ring (bicyclic) bond motifs is 1. The molecule has 1 aliphatic heterocycles. The Morgan fingerprint density at radius 2 is 2.21 bits per heavy atom. The minimum atomic E-state index is -0.491. The molecule has 0 radical (unpaired) electrons. The molecule has 1 saturated heterocycles. The largest absolute Gasteiger partial charge is 0.439 e. The van der Waals surface area contributed by atoms with E-state index < -0.39 is 5.91 Å². The number of aryl methyl sites for hydroxylation is 1. The Kier molecular flexibility index (Phi) is 5.59.